The standard InChI is InChI=1S/C33H40ClN5O2/c1-40-31-20-32(41-2)29(34)19-28(31)30-23-39-13-12-27(18-33(39)36-30)35-26-10-8-25(9-11-26)22-38-16-14-37(15-17-38)21-24-6-4-3-5-7-24/h3-7,12-13,18-20,23,25-26,35H,8-11,14-17,21-22H2,1-2H3/t25-,26-. The summed E-state index contributed by atoms with van der Waals surface area (Å²) in [4.78, 5) is 10.2. The number of anilines is 1. The minimum atomic E-state index is 0.506. The van der Waals surface area contributed by atoms with E-state index in [0.717, 1.165) is 35.1 Å². The van der Waals surface area contributed by atoms with Crippen molar-refractivity contribution in [1.29, 1.82) is 0 Å². The number of ether oxygens (including phenoxy) is 2. The van der Waals surface area contributed by atoms with Gasteiger partial charge in [-0.2, -0.15) is 0 Å². The van der Waals surface area contributed by atoms with E-state index in [4.69, 9.17) is 26.1 Å². The van der Waals surface area contributed by atoms with Gasteiger partial charge in [-0.1, -0.05) is 41.9 Å². The molecule has 8 heteroatoms. The van der Waals surface area contributed by atoms with Crippen LogP contribution in [0.3, 0.4) is 0 Å². The number of benzene rings is 2. The van der Waals surface area contributed by atoms with Gasteiger partial charge in [0.05, 0.1) is 24.9 Å². The molecule has 2 aliphatic rings. The van der Waals surface area contributed by atoms with Gasteiger partial charge in [0.2, 0.25) is 0 Å². The van der Waals surface area contributed by atoms with Gasteiger partial charge in [-0.25, -0.2) is 4.98 Å². The number of methoxy groups -OCH3 is 2. The second-order valence-corrected chi connectivity index (χ2v) is 11.8. The topological polar surface area (TPSA) is 54.3 Å². The number of piperazine rings is 1. The van der Waals surface area contributed by atoms with Gasteiger partial charge in [-0.05, 0) is 49.3 Å². The number of rotatable bonds is 9. The Balaban J connectivity index is 1.00. The molecule has 3 heterocycles. The number of hydrogen-bond donors (Lipinski definition) is 1. The molecule has 1 saturated heterocycles. The summed E-state index contributed by atoms with van der Waals surface area (Å²) >= 11 is 6.41. The summed E-state index contributed by atoms with van der Waals surface area (Å²) in [5.74, 6) is 2.06. The Hall–Kier alpha value is -3.26. The molecule has 0 atom stereocenters. The van der Waals surface area contributed by atoms with E-state index in [1.165, 1.54) is 64.0 Å². The van der Waals surface area contributed by atoms with Crippen molar-refractivity contribution < 1.29 is 9.47 Å². The fourth-order valence-electron chi connectivity index (χ4n) is 6.32. The van der Waals surface area contributed by atoms with Crippen LogP contribution < -0.4 is 14.8 Å². The van der Waals surface area contributed by atoms with Crippen LogP contribution in [0.15, 0.2) is 67.0 Å². The van der Waals surface area contributed by atoms with Gasteiger partial charge in [0.1, 0.15) is 17.1 Å². The minimum Gasteiger partial charge on any atom is -0.496 e. The van der Waals surface area contributed by atoms with Gasteiger partial charge in [0.25, 0.3) is 0 Å². The molecule has 216 valence electrons. The minimum absolute atomic E-state index is 0.506. The fraction of sp³-hybridized carbons (Fsp3) is 0.424. The zero-order valence-electron chi connectivity index (χ0n) is 24.1. The molecule has 2 fully saturated rings. The number of nitrogens with one attached hydrogen (secondary N) is 1. The lowest BCUT2D eigenvalue weighted by atomic mass is 9.85. The van der Waals surface area contributed by atoms with Crippen molar-refractivity contribution in [3.63, 3.8) is 0 Å². The van der Waals surface area contributed by atoms with Crippen molar-refractivity contribution in [2.45, 2.75) is 38.3 Å². The maximum atomic E-state index is 6.41. The average Bonchev–Trinajstić information content (AvgIpc) is 3.43. The molecule has 4 aromatic rings. The maximum Gasteiger partial charge on any atom is 0.141 e. The Bertz CT molecular complexity index is 1440. The molecule has 1 N–H and O–H groups in total. The first-order valence-electron chi connectivity index (χ1n) is 14.7. The van der Waals surface area contributed by atoms with Gasteiger partial charge >= 0.3 is 0 Å². The highest BCUT2D eigenvalue weighted by molar-refractivity contribution is 6.32. The highest BCUT2D eigenvalue weighted by Gasteiger charge is 2.25. The van der Waals surface area contributed by atoms with E-state index in [9.17, 15) is 0 Å². The third-order valence-corrected chi connectivity index (χ3v) is 8.95. The Labute approximate surface area is 248 Å². The van der Waals surface area contributed by atoms with Crippen molar-refractivity contribution in [3.05, 3.63) is 77.6 Å². The molecule has 1 aliphatic carbocycles. The average molecular weight is 574 g/mol. The van der Waals surface area contributed by atoms with Crippen LogP contribution in [0.25, 0.3) is 16.9 Å². The Kier molecular flexibility index (Phi) is 8.65. The van der Waals surface area contributed by atoms with Crippen LogP contribution >= 0.6 is 11.6 Å². The first-order valence-corrected chi connectivity index (χ1v) is 15.1. The Morgan fingerprint density at radius 2 is 1.61 bits per heavy atom. The maximum absolute atomic E-state index is 6.41. The van der Waals surface area contributed by atoms with Crippen LogP contribution in [0.1, 0.15) is 31.2 Å². The largest absolute Gasteiger partial charge is 0.496 e. The molecule has 0 spiro atoms. The van der Waals surface area contributed by atoms with Crippen LogP contribution in [0.4, 0.5) is 5.69 Å². The highest BCUT2D eigenvalue weighted by Crippen LogP contribution is 2.38. The van der Waals surface area contributed by atoms with E-state index in [0.29, 0.717) is 22.6 Å². The molecule has 41 heavy (non-hydrogen) atoms. The van der Waals surface area contributed by atoms with Crippen LogP contribution in [0.5, 0.6) is 11.5 Å². The molecule has 0 unspecified atom stereocenters. The molecule has 2 aromatic heterocycles. The quantitative estimate of drug-likeness (QED) is 0.248. The monoisotopic (exact) mass is 573 g/mol. The van der Waals surface area contributed by atoms with Gasteiger partial charge in [-0.15, -0.1) is 0 Å². The molecular weight excluding hydrogens is 534 g/mol. The van der Waals surface area contributed by atoms with Crippen LogP contribution in [-0.2, 0) is 6.54 Å². The number of imidazole rings is 1. The van der Waals surface area contributed by atoms with Crippen LogP contribution in [0.2, 0.25) is 5.02 Å². The van der Waals surface area contributed by atoms with Gasteiger partial charge in [0.15, 0.2) is 0 Å². The molecule has 0 radical (unpaired) electrons. The number of halogens is 1. The third-order valence-electron chi connectivity index (χ3n) is 8.66. The Morgan fingerprint density at radius 1 is 0.878 bits per heavy atom. The van der Waals surface area contributed by atoms with Gasteiger partial charge < -0.3 is 24.1 Å². The Morgan fingerprint density at radius 3 is 2.34 bits per heavy atom. The summed E-state index contributed by atoms with van der Waals surface area (Å²) < 4.78 is 13.0. The highest BCUT2D eigenvalue weighted by atomic mass is 35.5. The molecule has 1 aliphatic heterocycles. The van der Waals surface area contributed by atoms with Crippen molar-refractivity contribution >= 4 is 22.9 Å². The fourth-order valence-corrected chi connectivity index (χ4v) is 6.56. The number of nitrogens with zero attached hydrogens (tertiary/aromatic N) is 4. The lowest BCUT2D eigenvalue weighted by molar-refractivity contribution is 0.104. The number of pyridine rings is 1. The van der Waals surface area contributed by atoms with E-state index in [1.54, 1.807) is 20.3 Å². The van der Waals surface area contributed by atoms with Crippen molar-refractivity contribution in [2.24, 2.45) is 5.92 Å². The van der Waals surface area contributed by atoms with Crippen LogP contribution in [-0.4, -0.2) is 72.2 Å². The molecule has 1 saturated carbocycles. The molecule has 0 amide bonds. The van der Waals surface area contributed by atoms with E-state index in [1.807, 2.05) is 16.7 Å². The predicted molar refractivity (Wildman–Crippen MR) is 166 cm³/mol. The van der Waals surface area contributed by atoms with E-state index in [2.05, 4.69) is 63.8 Å². The third kappa shape index (κ3) is 6.64. The van der Waals surface area contributed by atoms with Crippen molar-refractivity contribution in [1.82, 2.24) is 19.2 Å². The summed E-state index contributed by atoms with van der Waals surface area (Å²) in [6.45, 7) is 7.02. The first-order chi connectivity index (χ1) is 20.1. The predicted octanol–water partition coefficient (Wildman–Crippen LogP) is 6.46. The van der Waals surface area contributed by atoms with E-state index in [-0.39, 0.29) is 0 Å². The molecule has 6 rings (SSSR count). The summed E-state index contributed by atoms with van der Waals surface area (Å²) in [6.07, 6.45) is 9.07. The van der Waals surface area contributed by atoms with Gasteiger partial charge in [0, 0.05) is 81.1 Å². The summed E-state index contributed by atoms with van der Waals surface area (Å²) in [7, 11) is 3.24. The normalized spacial score (nSPS) is 20.3. The number of aromatic nitrogens is 2. The summed E-state index contributed by atoms with van der Waals surface area (Å²) in [6, 6.07) is 19.3. The zero-order valence-corrected chi connectivity index (χ0v) is 24.8. The lowest BCUT2D eigenvalue weighted by Crippen LogP contribution is -2.47. The second-order valence-electron chi connectivity index (χ2n) is 11.4. The number of hydrogen-bond acceptors (Lipinski definition) is 6. The molecule has 7 nitrogen and oxygen atoms in total. The van der Waals surface area contributed by atoms with Crippen molar-refractivity contribution in [3.8, 4) is 22.8 Å². The molecule has 2 aromatic carbocycles. The van der Waals surface area contributed by atoms with E-state index < -0.39 is 0 Å². The van der Waals surface area contributed by atoms with E-state index >= 15 is 0 Å². The van der Waals surface area contributed by atoms with Gasteiger partial charge in [-0.3, -0.25) is 4.90 Å². The second kappa shape index (κ2) is 12.7. The smallest absolute Gasteiger partial charge is 0.141 e. The number of fused-ring (bicyclic) bond motifs is 1. The van der Waals surface area contributed by atoms with Crippen molar-refractivity contribution in [2.75, 3.05) is 52.3 Å². The molecule has 0 bridgehead atoms. The first kappa shape index (κ1) is 27.9. The summed E-state index contributed by atoms with van der Waals surface area (Å²) in [5, 5.41) is 4.32. The van der Waals surface area contributed by atoms with Crippen LogP contribution in [0, 0.1) is 5.92 Å². The SMILES string of the molecule is COc1cc(OC)c(-c2cn3ccc(N[C@H]4CC[C@H](CN5CCN(Cc6ccccc6)CC5)CC4)cc3n2)cc1Cl. The lowest BCUT2D eigenvalue weighted by Gasteiger charge is -2.38. The molecular formula is C33H40ClN5O2. The summed E-state index contributed by atoms with van der Waals surface area (Å²) in [5.41, 5.74) is 5.07. The zero-order chi connectivity index (χ0) is 28.2.